The molecule has 11 heavy (non-hydrogen) atoms. The molecule has 0 aromatic carbocycles. The van der Waals surface area contributed by atoms with Crippen molar-refractivity contribution in [3.63, 3.8) is 0 Å². The fraction of sp³-hybridized carbons (Fsp3) is 0.143. The Morgan fingerprint density at radius 3 is 2.91 bits per heavy atom. The number of nitrogens with one attached hydrogen (secondary N) is 1. The van der Waals surface area contributed by atoms with Crippen LogP contribution in [-0.2, 0) is 0 Å². The van der Waals surface area contributed by atoms with Crippen molar-refractivity contribution in [2.45, 2.75) is 0 Å². The summed E-state index contributed by atoms with van der Waals surface area (Å²) in [5.74, 6) is 0.521. The van der Waals surface area contributed by atoms with Gasteiger partial charge in [-0.15, -0.1) is 0 Å². The number of hydrogen-bond acceptors (Lipinski definition) is 2. The Morgan fingerprint density at radius 1 is 1.64 bits per heavy atom. The highest BCUT2D eigenvalue weighted by molar-refractivity contribution is 6.29. The summed E-state index contributed by atoms with van der Waals surface area (Å²) in [7, 11) is 1.70. The van der Waals surface area contributed by atoms with Gasteiger partial charge in [0.1, 0.15) is 11.0 Å². The van der Waals surface area contributed by atoms with Gasteiger partial charge in [-0.2, -0.15) is 0 Å². The Bertz CT molecular complexity index is 303. The number of nitrogens with zero attached hydrogens (tertiary/aromatic N) is 2. The second-order valence-electron chi connectivity index (χ2n) is 1.86. The topological polar surface area (TPSA) is 29.3 Å². The molecular weight excluding hydrogens is 162 g/mol. The number of halogens is 1. The molecule has 0 atom stereocenters. The van der Waals surface area contributed by atoms with E-state index in [1.807, 2.05) is 0 Å². The summed E-state index contributed by atoms with van der Waals surface area (Å²) in [4.78, 5) is 7.15. The van der Waals surface area contributed by atoms with Gasteiger partial charge in [0.15, 0.2) is 0 Å². The van der Waals surface area contributed by atoms with Crippen molar-refractivity contribution in [3.05, 3.63) is 28.7 Å². The lowest BCUT2D eigenvalue weighted by molar-refractivity contribution is 1.30. The summed E-state index contributed by atoms with van der Waals surface area (Å²) >= 11 is 5.60. The third-order valence-corrected chi connectivity index (χ3v) is 1.41. The number of rotatable bonds is 1. The van der Waals surface area contributed by atoms with Gasteiger partial charge in [-0.05, 0) is 12.1 Å². The highest BCUT2D eigenvalue weighted by Gasteiger charge is 2.00. The molecule has 1 heterocycles. The summed E-state index contributed by atoms with van der Waals surface area (Å²) in [5, 5.41) is 3.17. The van der Waals surface area contributed by atoms with Crippen molar-refractivity contribution in [1.82, 2.24) is 4.98 Å². The molecule has 3 nitrogen and oxygen atoms in total. The Kier molecular flexibility index (Phi) is 2.29. The van der Waals surface area contributed by atoms with E-state index < -0.39 is 0 Å². The van der Waals surface area contributed by atoms with Crippen LogP contribution in [0.3, 0.4) is 0 Å². The van der Waals surface area contributed by atoms with Gasteiger partial charge in [0.25, 0.3) is 0 Å². The summed E-state index contributed by atoms with van der Waals surface area (Å²) in [6.07, 6.45) is 0. The molecule has 56 valence electrons. The molecule has 0 fully saturated rings. The molecule has 4 heteroatoms. The third-order valence-electron chi connectivity index (χ3n) is 1.20. The van der Waals surface area contributed by atoms with Crippen LogP contribution in [0.25, 0.3) is 4.85 Å². The maximum Gasteiger partial charge on any atom is 0.228 e. The second kappa shape index (κ2) is 3.22. The average Bonchev–Trinajstić information content (AvgIpc) is 2.04. The van der Waals surface area contributed by atoms with Gasteiger partial charge in [-0.3, -0.25) is 0 Å². The fourth-order valence-corrected chi connectivity index (χ4v) is 0.850. The van der Waals surface area contributed by atoms with Gasteiger partial charge in [0, 0.05) is 7.05 Å². The lowest BCUT2D eigenvalue weighted by Gasteiger charge is -2.00. The summed E-state index contributed by atoms with van der Waals surface area (Å²) in [5.41, 5.74) is 0.483. The molecule has 1 rings (SSSR count). The van der Waals surface area contributed by atoms with Crippen LogP contribution in [0.1, 0.15) is 0 Å². The van der Waals surface area contributed by atoms with Crippen molar-refractivity contribution in [3.8, 4) is 0 Å². The van der Waals surface area contributed by atoms with Crippen LogP contribution in [0.15, 0.2) is 12.1 Å². The molecule has 1 N–H and O–H groups in total. The van der Waals surface area contributed by atoms with E-state index in [0.29, 0.717) is 16.7 Å². The van der Waals surface area contributed by atoms with E-state index in [-0.39, 0.29) is 0 Å². The molecule has 0 spiro atoms. The normalized spacial score (nSPS) is 8.82. The van der Waals surface area contributed by atoms with Crippen molar-refractivity contribution in [2.24, 2.45) is 0 Å². The molecule has 1 aromatic heterocycles. The Labute approximate surface area is 69.8 Å². The van der Waals surface area contributed by atoms with E-state index in [0.717, 1.165) is 0 Å². The minimum atomic E-state index is 0.391. The summed E-state index contributed by atoms with van der Waals surface area (Å²) in [6, 6.07) is 3.23. The van der Waals surface area contributed by atoms with Gasteiger partial charge in [0.2, 0.25) is 5.69 Å². The molecule has 1 aromatic rings. The van der Waals surface area contributed by atoms with Crippen LogP contribution < -0.4 is 5.32 Å². The fourth-order valence-electron chi connectivity index (χ4n) is 0.702. The van der Waals surface area contributed by atoms with E-state index in [1.54, 1.807) is 19.2 Å². The molecule has 0 unspecified atom stereocenters. The maximum atomic E-state index is 6.76. The van der Waals surface area contributed by atoms with Crippen LogP contribution >= 0.6 is 11.6 Å². The molecule has 0 bridgehead atoms. The molecule has 0 saturated carbocycles. The lowest BCUT2D eigenvalue weighted by atomic mass is 10.4. The highest BCUT2D eigenvalue weighted by atomic mass is 35.5. The predicted molar refractivity (Wildman–Crippen MR) is 45.1 cm³/mol. The quantitative estimate of drug-likeness (QED) is 0.514. The number of aromatic nitrogens is 1. The molecule has 0 radical (unpaired) electrons. The molecule has 0 amide bonds. The highest BCUT2D eigenvalue weighted by Crippen LogP contribution is 2.23. The molecule has 0 saturated heterocycles. The van der Waals surface area contributed by atoms with Crippen LogP contribution in [0.4, 0.5) is 11.5 Å². The van der Waals surface area contributed by atoms with E-state index in [2.05, 4.69) is 15.1 Å². The zero-order chi connectivity index (χ0) is 8.27. The molecule has 0 aliphatic heterocycles. The van der Waals surface area contributed by atoms with Gasteiger partial charge < -0.3 is 5.32 Å². The molecule has 0 aliphatic carbocycles. The second-order valence-corrected chi connectivity index (χ2v) is 2.25. The van der Waals surface area contributed by atoms with Crippen molar-refractivity contribution >= 4 is 23.1 Å². The zero-order valence-corrected chi connectivity index (χ0v) is 6.68. The first kappa shape index (κ1) is 7.83. The smallest absolute Gasteiger partial charge is 0.228 e. The van der Waals surface area contributed by atoms with Crippen molar-refractivity contribution in [1.29, 1.82) is 0 Å². The van der Waals surface area contributed by atoms with Gasteiger partial charge in [-0.25, -0.2) is 9.83 Å². The van der Waals surface area contributed by atoms with Gasteiger partial charge in [-0.1, -0.05) is 11.6 Å². The number of hydrogen-bond donors (Lipinski definition) is 1. The van der Waals surface area contributed by atoms with E-state index in [1.165, 1.54) is 0 Å². The van der Waals surface area contributed by atoms with E-state index in [9.17, 15) is 0 Å². The standard InChI is InChI=1S/C7H6ClN3/c1-9-5-3-4-6(8)11-7(5)10-2/h3-4H,2H3,(H,10,11). The van der Waals surface area contributed by atoms with Crippen LogP contribution in [0, 0.1) is 6.57 Å². The predicted octanol–water partition coefficient (Wildman–Crippen LogP) is 2.33. The number of pyridine rings is 1. The first-order valence-electron chi connectivity index (χ1n) is 2.99. The first-order valence-corrected chi connectivity index (χ1v) is 3.37. The number of anilines is 1. The van der Waals surface area contributed by atoms with Crippen LogP contribution in [0.2, 0.25) is 5.15 Å². The average molecular weight is 168 g/mol. The van der Waals surface area contributed by atoms with E-state index >= 15 is 0 Å². The third kappa shape index (κ3) is 1.60. The summed E-state index contributed by atoms with van der Waals surface area (Å²) < 4.78 is 0. The maximum absolute atomic E-state index is 6.76. The molecule has 0 aliphatic rings. The SMILES string of the molecule is [C-]#[N+]c1ccc(Cl)nc1NC. The van der Waals surface area contributed by atoms with Gasteiger partial charge >= 0.3 is 0 Å². The minimum Gasteiger partial charge on any atom is -0.382 e. The Balaban J connectivity index is 3.19. The molecular formula is C7H6ClN3. The largest absolute Gasteiger partial charge is 0.382 e. The van der Waals surface area contributed by atoms with Gasteiger partial charge in [0.05, 0.1) is 6.57 Å². The van der Waals surface area contributed by atoms with E-state index in [4.69, 9.17) is 18.2 Å². The van der Waals surface area contributed by atoms with Crippen LogP contribution in [0.5, 0.6) is 0 Å². The minimum absolute atomic E-state index is 0.391. The van der Waals surface area contributed by atoms with Crippen molar-refractivity contribution < 1.29 is 0 Å². The van der Waals surface area contributed by atoms with Crippen LogP contribution in [-0.4, -0.2) is 12.0 Å². The van der Waals surface area contributed by atoms with Crippen molar-refractivity contribution in [2.75, 3.05) is 12.4 Å². The first-order chi connectivity index (χ1) is 5.27. The zero-order valence-electron chi connectivity index (χ0n) is 5.93. The Morgan fingerprint density at radius 2 is 2.36 bits per heavy atom. The Hall–Kier alpha value is -1.27. The monoisotopic (exact) mass is 167 g/mol. The summed E-state index contributed by atoms with van der Waals surface area (Å²) in [6.45, 7) is 6.76. The lowest BCUT2D eigenvalue weighted by Crippen LogP contribution is -1.91.